The number of carboxylic acids is 1. The van der Waals surface area contributed by atoms with E-state index in [1.807, 2.05) is 49.4 Å². The molecule has 0 saturated carbocycles. The van der Waals surface area contributed by atoms with Crippen molar-refractivity contribution in [2.24, 2.45) is 0 Å². The fraction of sp³-hybridized carbons (Fsp3) is 0.103. The third-order valence-corrected chi connectivity index (χ3v) is 7.78. The number of anilines is 1. The number of nitrogens with zero attached hydrogens (tertiary/aromatic N) is 2. The molecule has 0 fully saturated rings. The highest BCUT2D eigenvalue weighted by Crippen LogP contribution is 2.42. The van der Waals surface area contributed by atoms with Crippen molar-refractivity contribution in [2.75, 3.05) is 11.9 Å². The van der Waals surface area contributed by atoms with Crippen molar-refractivity contribution < 1.29 is 19.4 Å². The molecule has 3 aromatic carbocycles. The Labute approximate surface area is 226 Å². The highest BCUT2D eigenvalue weighted by atomic mass is 35.5. The number of thiazole rings is 1. The van der Waals surface area contributed by atoms with Crippen LogP contribution in [0.4, 0.5) is 5.69 Å². The minimum absolute atomic E-state index is 0.0485. The van der Waals surface area contributed by atoms with Crippen LogP contribution in [0.25, 0.3) is 43.2 Å². The maximum Gasteiger partial charge on any atom is 0.307 e. The maximum absolute atomic E-state index is 11.8. The zero-order chi connectivity index (χ0) is 26.4. The lowest BCUT2D eigenvalue weighted by molar-refractivity contribution is -0.136. The molecule has 1 aliphatic rings. The number of aliphatic carboxylic acids is 1. The third kappa shape index (κ3) is 4.38. The van der Waals surface area contributed by atoms with Gasteiger partial charge >= 0.3 is 5.97 Å². The van der Waals surface area contributed by atoms with E-state index in [0.717, 1.165) is 48.6 Å². The lowest BCUT2D eigenvalue weighted by Gasteiger charge is -2.20. The van der Waals surface area contributed by atoms with Crippen LogP contribution >= 0.6 is 22.9 Å². The Morgan fingerprint density at radius 2 is 1.95 bits per heavy atom. The van der Waals surface area contributed by atoms with Crippen LogP contribution in [0, 0.1) is 6.92 Å². The monoisotopic (exact) mass is 541 g/mol. The Hall–Kier alpha value is -4.27. The molecular formula is C29H20ClN3O4S. The summed E-state index contributed by atoms with van der Waals surface area (Å²) in [5.41, 5.74) is 7.11. The van der Waals surface area contributed by atoms with Crippen LogP contribution in [0.5, 0.6) is 5.75 Å². The van der Waals surface area contributed by atoms with Gasteiger partial charge in [-0.15, -0.1) is 11.3 Å². The van der Waals surface area contributed by atoms with E-state index in [9.17, 15) is 14.7 Å². The van der Waals surface area contributed by atoms with Crippen molar-refractivity contribution >= 4 is 50.7 Å². The molecule has 7 nitrogen and oxygen atoms in total. The first-order valence-corrected chi connectivity index (χ1v) is 13.0. The van der Waals surface area contributed by atoms with Gasteiger partial charge in [-0.25, -0.2) is 4.98 Å². The van der Waals surface area contributed by atoms with Gasteiger partial charge < -0.3 is 15.2 Å². The summed E-state index contributed by atoms with van der Waals surface area (Å²) in [6, 6.07) is 18.7. The second-order valence-electron chi connectivity index (χ2n) is 8.94. The average molecular weight is 542 g/mol. The number of benzene rings is 3. The molecule has 5 aromatic rings. The molecule has 0 bridgehead atoms. The van der Waals surface area contributed by atoms with E-state index in [-0.39, 0.29) is 18.9 Å². The van der Waals surface area contributed by atoms with Gasteiger partial charge in [-0.2, -0.15) is 0 Å². The summed E-state index contributed by atoms with van der Waals surface area (Å²) < 4.78 is 6.63. The van der Waals surface area contributed by atoms with Gasteiger partial charge in [-0.3, -0.25) is 14.6 Å². The number of amides is 1. The van der Waals surface area contributed by atoms with Crippen molar-refractivity contribution in [3.63, 3.8) is 0 Å². The Morgan fingerprint density at radius 3 is 2.74 bits per heavy atom. The van der Waals surface area contributed by atoms with E-state index < -0.39 is 5.97 Å². The molecule has 0 aliphatic carbocycles. The number of nitrogens with one attached hydrogen (secondary N) is 1. The molecule has 0 atom stereocenters. The summed E-state index contributed by atoms with van der Waals surface area (Å²) in [5, 5.41) is 13.8. The lowest BCUT2D eigenvalue weighted by Crippen LogP contribution is -2.25. The first kappa shape index (κ1) is 24.1. The number of halogens is 1. The van der Waals surface area contributed by atoms with E-state index in [2.05, 4.69) is 10.3 Å². The molecule has 6 rings (SSSR count). The number of fused-ring (bicyclic) bond motifs is 2. The van der Waals surface area contributed by atoms with Crippen LogP contribution in [0.1, 0.15) is 11.1 Å². The summed E-state index contributed by atoms with van der Waals surface area (Å²) in [7, 11) is 0. The largest absolute Gasteiger partial charge is 0.481 e. The molecule has 0 spiro atoms. The van der Waals surface area contributed by atoms with Crippen molar-refractivity contribution in [3.8, 4) is 38.7 Å². The Bertz CT molecular complexity index is 1750. The zero-order valence-corrected chi connectivity index (χ0v) is 21.7. The molecule has 2 N–H and O–H groups in total. The van der Waals surface area contributed by atoms with Crippen molar-refractivity contribution in [1.29, 1.82) is 0 Å². The molecule has 1 amide bonds. The first-order valence-electron chi connectivity index (χ1n) is 11.8. The van der Waals surface area contributed by atoms with Crippen LogP contribution in [0.3, 0.4) is 0 Å². The summed E-state index contributed by atoms with van der Waals surface area (Å²) in [6.45, 7) is 1.87. The Kier molecular flexibility index (Phi) is 6.06. The molecule has 188 valence electrons. The fourth-order valence-corrected chi connectivity index (χ4v) is 5.95. The molecule has 0 unspecified atom stereocenters. The van der Waals surface area contributed by atoms with E-state index >= 15 is 0 Å². The number of hydrogen-bond donors (Lipinski definition) is 2. The Balaban J connectivity index is 1.50. The van der Waals surface area contributed by atoms with Crippen LogP contribution < -0.4 is 10.1 Å². The summed E-state index contributed by atoms with van der Waals surface area (Å²) in [5.74, 6) is -0.504. The highest BCUT2D eigenvalue weighted by Gasteiger charge is 2.22. The number of para-hydroxylation sites is 1. The van der Waals surface area contributed by atoms with Gasteiger partial charge in [0.15, 0.2) is 12.4 Å². The number of carboxylic acid groups (broad SMARTS) is 1. The van der Waals surface area contributed by atoms with Gasteiger partial charge in [0.1, 0.15) is 5.01 Å². The molecule has 9 heteroatoms. The summed E-state index contributed by atoms with van der Waals surface area (Å²) >= 11 is 7.64. The third-order valence-electron chi connectivity index (χ3n) is 6.39. The minimum Gasteiger partial charge on any atom is -0.481 e. The summed E-state index contributed by atoms with van der Waals surface area (Å²) in [6.07, 6.45) is 1.63. The molecule has 38 heavy (non-hydrogen) atoms. The van der Waals surface area contributed by atoms with Crippen LogP contribution in [0.15, 0.2) is 66.9 Å². The molecule has 0 radical (unpaired) electrons. The minimum atomic E-state index is -0.893. The molecule has 2 aromatic heterocycles. The fourth-order valence-electron chi connectivity index (χ4n) is 4.69. The van der Waals surface area contributed by atoms with E-state index in [4.69, 9.17) is 21.3 Å². The van der Waals surface area contributed by atoms with Crippen LogP contribution in [-0.2, 0) is 16.0 Å². The zero-order valence-electron chi connectivity index (χ0n) is 20.1. The van der Waals surface area contributed by atoms with Gasteiger partial charge in [0.25, 0.3) is 5.91 Å². The van der Waals surface area contributed by atoms with Gasteiger partial charge in [0.05, 0.1) is 28.0 Å². The van der Waals surface area contributed by atoms with E-state index in [1.54, 1.807) is 24.4 Å². The number of aromatic nitrogens is 2. The quantitative estimate of drug-likeness (QED) is 0.259. The molecule has 3 heterocycles. The van der Waals surface area contributed by atoms with E-state index in [1.165, 1.54) is 11.3 Å². The standard InChI is InChI=1S/C29H20ClN3O4S/c1-15-11-23-28(26(20(15)13-25(35)36)16-5-7-18(30)8-6-16)38-29(33-23)17-9-10-31-22(12-17)19-3-2-4-21-27(19)37-14-24(34)32-21/h2-12H,13-14H2,1H3,(H,32,34)(H,35,36). The second kappa shape index (κ2) is 9.55. The topological polar surface area (TPSA) is 101 Å². The predicted octanol–water partition coefficient (Wildman–Crippen LogP) is 6.61. The van der Waals surface area contributed by atoms with Gasteiger partial charge in [-0.1, -0.05) is 29.8 Å². The summed E-state index contributed by atoms with van der Waals surface area (Å²) in [4.78, 5) is 33.0. The predicted molar refractivity (Wildman–Crippen MR) is 149 cm³/mol. The molecular weight excluding hydrogens is 522 g/mol. The molecule has 1 aliphatic heterocycles. The number of carbonyl (C=O) groups is 2. The SMILES string of the molecule is Cc1cc2nc(-c3ccnc(-c4cccc5c4OCC(=O)N5)c3)sc2c(-c2ccc(Cl)cc2)c1CC(=O)O. The van der Waals surface area contributed by atoms with E-state index in [0.29, 0.717) is 22.2 Å². The van der Waals surface area contributed by atoms with Crippen molar-refractivity contribution in [2.45, 2.75) is 13.3 Å². The van der Waals surface area contributed by atoms with Gasteiger partial charge in [0.2, 0.25) is 0 Å². The molecule has 0 saturated heterocycles. The van der Waals surface area contributed by atoms with Crippen molar-refractivity contribution in [3.05, 3.63) is 83.0 Å². The van der Waals surface area contributed by atoms with Crippen LogP contribution in [-0.4, -0.2) is 33.6 Å². The second-order valence-corrected chi connectivity index (χ2v) is 10.4. The first-order chi connectivity index (χ1) is 18.4. The number of ether oxygens (including phenoxy) is 1. The normalized spacial score (nSPS) is 12.6. The maximum atomic E-state index is 11.8. The smallest absolute Gasteiger partial charge is 0.307 e. The van der Waals surface area contributed by atoms with Gasteiger partial charge in [-0.05, 0) is 66.1 Å². The number of carbonyl (C=O) groups excluding carboxylic acids is 1. The van der Waals surface area contributed by atoms with Crippen LogP contribution in [0.2, 0.25) is 5.02 Å². The highest BCUT2D eigenvalue weighted by molar-refractivity contribution is 7.22. The number of aryl methyl sites for hydroxylation is 1. The number of rotatable bonds is 5. The van der Waals surface area contributed by atoms with Gasteiger partial charge in [0, 0.05) is 27.9 Å². The number of pyridine rings is 1. The average Bonchev–Trinajstić information content (AvgIpc) is 3.32. The number of hydrogen-bond acceptors (Lipinski definition) is 6. The Morgan fingerprint density at radius 1 is 1.13 bits per heavy atom. The van der Waals surface area contributed by atoms with Crippen molar-refractivity contribution in [1.82, 2.24) is 9.97 Å². The lowest BCUT2D eigenvalue weighted by atomic mass is 9.93.